The molecule has 0 radical (unpaired) electrons. The number of rotatable bonds is 6. The maximum absolute atomic E-state index is 14.6. The predicted octanol–water partition coefficient (Wildman–Crippen LogP) is 4.91. The standard InChI is InChI=1S/C30H30N2O5S/c1-16-6-3-4-9-20(16)27(33)23-24(28-17(2)12-13-38-28)26(29(31)34)32(30(35)18-7-5-8-18)25(23)19-10-11-21-22(14-19)37-15-36-21/h3-4,6,9-14,18,23-26H,5,7-8,15H2,1-2H3,(H2,31,34). The van der Waals surface area contributed by atoms with Gasteiger partial charge in [-0.1, -0.05) is 36.8 Å². The summed E-state index contributed by atoms with van der Waals surface area (Å²) in [5, 5.41) is 1.96. The van der Waals surface area contributed by atoms with Gasteiger partial charge in [0.1, 0.15) is 6.04 Å². The van der Waals surface area contributed by atoms with Gasteiger partial charge in [-0.05, 0) is 67.0 Å². The normalized spacial score (nSPS) is 24.3. The number of amides is 2. The van der Waals surface area contributed by atoms with Crippen LogP contribution in [0.25, 0.3) is 0 Å². The Kier molecular flexibility index (Phi) is 6.22. The highest BCUT2D eigenvalue weighted by Crippen LogP contribution is 2.54. The zero-order valence-electron chi connectivity index (χ0n) is 21.4. The average molecular weight is 531 g/mol. The van der Waals surface area contributed by atoms with Gasteiger partial charge in [0.2, 0.25) is 18.6 Å². The molecular formula is C30H30N2O5S. The molecule has 1 aromatic heterocycles. The number of nitrogens with zero attached hydrogens (tertiary/aromatic N) is 1. The van der Waals surface area contributed by atoms with Gasteiger partial charge in [-0.3, -0.25) is 14.4 Å². The van der Waals surface area contributed by atoms with Gasteiger partial charge in [-0.25, -0.2) is 0 Å². The summed E-state index contributed by atoms with van der Waals surface area (Å²) in [6.45, 7) is 4.00. The van der Waals surface area contributed by atoms with E-state index in [2.05, 4.69) is 0 Å². The van der Waals surface area contributed by atoms with Crippen molar-refractivity contribution in [1.82, 2.24) is 4.90 Å². The lowest BCUT2D eigenvalue weighted by Gasteiger charge is -2.36. The second-order valence-corrected chi connectivity index (χ2v) is 11.4. The largest absolute Gasteiger partial charge is 0.454 e. The first-order chi connectivity index (χ1) is 18.4. The number of fused-ring (bicyclic) bond motifs is 1. The Bertz CT molecular complexity index is 1430. The summed E-state index contributed by atoms with van der Waals surface area (Å²) in [5.41, 5.74) is 9.26. The molecule has 0 spiro atoms. The Labute approximate surface area is 225 Å². The van der Waals surface area contributed by atoms with Crippen LogP contribution in [0.4, 0.5) is 0 Å². The summed E-state index contributed by atoms with van der Waals surface area (Å²) in [6.07, 6.45) is 2.51. The van der Waals surface area contributed by atoms with Crippen LogP contribution in [0.2, 0.25) is 0 Å². The van der Waals surface area contributed by atoms with Gasteiger partial charge in [-0.2, -0.15) is 0 Å². The van der Waals surface area contributed by atoms with E-state index in [1.165, 1.54) is 11.3 Å². The summed E-state index contributed by atoms with van der Waals surface area (Å²) in [4.78, 5) is 44.5. The number of ketones is 1. The number of carbonyl (C=O) groups is 3. The number of benzene rings is 2. The van der Waals surface area contributed by atoms with Crippen LogP contribution in [0.1, 0.15) is 63.1 Å². The van der Waals surface area contributed by atoms with Crippen LogP contribution in [-0.2, 0) is 9.59 Å². The average Bonchev–Trinajstić information content (AvgIpc) is 3.58. The maximum atomic E-state index is 14.6. The van der Waals surface area contributed by atoms with Gasteiger partial charge in [0.25, 0.3) is 0 Å². The number of hydrogen-bond acceptors (Lipinski definition) is 6. The maximum Gasteiger partial charge on any atom is 0.240 e. The number of nitrogens with two attached hydrogens (primary N) is 1. The van der Waals surface area contributed by atoms with Gasteiger partial charge in [0.05, 0.1) is 12.0 Å². The lowest BCUT2D eigenvalue weighted by Crippen LogP contribution is -2.49. The molecule has 1 saturated heterocycles. The Morgan fingerprint density at radius 1 is 0.974 bits per heavy atom. The van der Waals surface area contributed by atoms with Gasteiger partial charge in [0, 0.05) is 22.3 Å². The van der Waals surface area contributed by atoms with Crippen LogP contribution in [0, 0.1) is 25.7 Å². The van der Waals surface area contributed by atoms with E-state index in [9.17, 15) is 14.4 Å². The fourth-order valence-electron chi connectivity index (χ4n) is 6.20. The Hall–Kier alpha value is -3.65. The van der Waals surface area contributed by atoms with Crippen molar-refractivity contribution >= 4 is 28.9 Å². The summed E-state index contributed by atoms with van der Waals surface area (Å²) in [7, 11) is 0. The van der Waals surface area contributed by atoms with Crippen molar-refractivity contribution < 1.29 is 23.9 Å². The van der Waals surface area contributed by atoms with Crippen molar-refractivity contribution in [1.29, 1.82) is 0 Å². The molecule has 2 fully saturated rings. The van der Waals surface area contributed by atoms with E-state index in [4.69, 9.17) is 15.2 Å². The molecule has 3 aromatic rings. The molecule has 4 unspecified atom stereocenters. The Morgan fingerprint density at radius 2 is 1.74 bits per heavy atom. The Balaban J connectivity index is 1.59. The molecule has 3 aliphatic rings. The molecule has 8 heteroatoms. The Morgan fingerprint density at radius 3 is 2.39 bits per heavy atom. The van der Waals surface area contributed by atoms with E-state index in [1.807, 2.05) is 67.8 Å². The molecule has 2 aromatic carbocycles. The van der Waals surface area contributed by atoms with E-state index in [0.29, 0.717) is 17.1 Å². The van der Waals surface area contributed by atoms with E-state index < -0.39 is 29.8 Å². The quantitative estimate of drug-likeness (QED) is 0.457. The number of hydrogen-bond donors (Lipinski definition) is 1. The number of Topliss-reactive ketones (excluding diaryl/α,β-unsaturated/α-hetero) is 1. The molecule has 2 N–H and O–H groups in total. The van der Waals surface area contributed by atoms with E-state index in [1.54, 1.807) is 4.90 Å². The number of ether oxygens (including phenoxy) is 2. The monoisotopic (exact) mass is 530 g/mol. The van der Waals surface area contributed by atoms with Crippen LogP contribution in [0.3, 0.4) is 0 Å². The third kappa shape index (κ3) is 3.89. The highest BCUT2D eigenvalue weighted by Gasteiger charge is 2.58. The van der Waals surface area contributed by atoms with E-state index in [-0.39, 0.29) is 24.4 Å². The van der Waals surface area contributed by atoms with Crippen LogP contribution in [-0.4, -0.2) is 35.3 Å². The fraction of sp³-hybridized carbons (Fsp3) is 0.367. The molecule has 196 valence electrons. The first-order valence-electron chi connectivity index (χ1n) is 13.0. The van der Waals surface area contributed by atoms with Gasteiger partial charge < -0.3 is 20.1 Å². The summed E-state index contributed by atoms with van der Waals surface area (Å²) in [6, 6.07) is 13.3. The molecule has 2 amide bonds. The molecule has 3 heterocycles. The SMILES string of the molecule is Cc1ccccc1C(=O)C1C(c2sccc2C)C(C(N)=O)N(C(=O)C2CCC2)C1c1ccc2c(c1)OCO2. The van der Waals surface area contributed by atoms with Crippen LogP contribution < -0.4 is 15.2 Å². The van der Waals surface area contributed by atoms with Gasteiger partial charge in [-0.15, -0.1) is 11.3 Å². The molecular weight excluding hydrogens is 500 g/mol. The van der Waals surface area contributed by atoms with Crippen molar-refractivity contribution in [2.75, 3.05) is 6.79 Å². The zero-order chi connectivity index (χ0) is 26.6. The number of primary amides is 1. The number of carbonyl (C=O) groups excluding carboxylic acids is 3. The second-order valence-electron chi connectivity index (χ2n) is 10.5. The number of aryl methyl sites for hydroxylation is 2. The first-order valence-corrected chi connectivity index (χ1v) is 13.9. The summed E-state index contributed by atoms with van der Waals surface area (Å²) < 4.78 is 11.2. The lowest BCUT2D eigenvalue weighted by molar-refractivity contribution is -0.145. The minimum atomic E-state index is -0.950. The van der Waals surface area contributed by atoms with E-state index >= 15 is 0 Å². The smallest absolute Gasteiger partial charge is 0.240 e. The summed E-state index contributed by atoms with van der Waals surface area (Å²) in [5.74, 6) is -1.09. The van der Waals surface area contributed by atoms with Crippen molar-refractivity contribution in [2.45, 2.75) is 51.1 Å². The van der Waals surface area contributed by atoms with Crippen LogP contribution in [0.15, 0.2) is 53.9 Å². The van der Waals surface area contributed by atoms with Crippen molar-refractivity contribution in [3.05, 3.63) is 81.0 Å². The molecule has 38 heavy (non-hydrogen) atoms. The van der Waals surface area contributed by atoms with E-state index in [0.717, 1.165) is 40.8 Å². The van der Waals surface area contributed by atoms with Crippen LogP contribution in [0.5, 0.6) is 11.5 Å². The predicted molar refractivity (Wildman–Crippen MR) is 143 cm³/mol. The highest BCUT2D eigenvalue weighted by atomic mass is 32.1. The lowest BCUT2D eigenvalue weighted by atomic mass is 9.77. The van der Waals surface area contributed by atoms with Crippen molar-refractivity contribution in [2.24, 2.45) is 17.6 Å². The molecule has 2 aliphatic heterocycles. The second kappa shape index (κ2) is 9.58. The topological polar surface area (TPSA) is 98.9 Å². The minimum Gasteiger partial charge on any atom is -0.454 e. The third-order valence-electron chi connectivity index (χ3n) is 8.32. The molecule has 4 atom stereocenters. The molecule has 0 bridgehead atoms. The molecule has 7 nitrogen and oxygen atoms in total. The molecule has 6 rings (SSSR count). The third-order valence-corrected chi connectivity index (χ3v) is 9.44. The van der Waals surface area contributed by atoms with Gasteiger partial charge in [0.15, 0.2) is 17.3 Å². The number of likely N-dealkylation sites (tertiary alicyclic amines) is 1. The van der Waals surface area contributed by atoms with Crippen LogP contribution >= 0.6 is 11.3 Å². The zero-order valence-corrected chi connectivity index (χ0v) is 22.2. The minimum absolute atomic E-state index is 0.0984. The highest BCUT2D eigenvalue weighted by molar-refractivity contribution is 7.10. The number of thiophene rings is 1. The van der Waals surface area contributed by atoms with Crippen molar-refractivity contribution in [3.63, 3.8) is 0 Å². The first kappa shape index (κ1) is 24.7. The van der Waals surface area contributed by atoms with Gasteiger partial charge >= 0.3 is 0 Å². The fourth-order valence-corrected chi connectivity index (χ4v) is 7.30. The molecule has 1 aliphatic carbocycles. The molecule has 1 saturated carbocycles. The van der Waals surface area contributed by atoms with Crippen molar-refractivity contribution in [3.8, 4) is 11.5 Å². The summed E-state index contributed by atoms with van der Waals surface area (Å²) >= 11 is 1.51.